The van der Waals surface area contributed by atoms with E-state index in [1.165, 1.54) is 6.42 Å². The van der Waals surface area contributed by atoms with Gasteiger partial charge in [0, 0.05) is 17.7 Å². The summed E-state index contributed by atoms with van der Waals surface area (Å²) in [6.45, 7) is 2.15. The van der Waals surface area contributed by atoms with Crippen LogP contribution in [0.4, 0.5) is 0 Å². The van der Waals surface area contributed by atoms with Crippen LogP contribution in [0.3, 0.4) is 0 Å². The first-order valence-corrected chi connectivity index (χ1v) is 10.3. The Hall–Kier alpha value is -0.840. The molecule has 0 aromatic carbocycles. The number of unbranched alkanes of at least 4 members (excludes halogenated alkanes) is 1. The number of carbonyl (C=O) groups is 1. The molecule has 0 bridgehead atoms. The second-order valence-electron chi connectivity index (χ2n) is 8.24. The Kier molecular flexibility index (Phi) is 8.18. The molecule has 0 heterocycles. The zero-order valence-corrected chi connectivity index (χ0v) is 16.4. The number of allylic oxidation sites excluding steroid dienone is 2. The Balaban J connectivity index is 1.81. The number of carboxylic acids is 1. The van der Waals surface area contributed by atoms with Crippen LogP contribution in [-0.2, 0) is 4.79 Å². The highest BCUT2D eigenvalue weighted by atomic mass is 35.5. The standard InChI is InChI=1S/C21H33ClO4/c1-21(12-7-13-21)19(24)10-6-9-16-15(17(22)14-18(16)23)8-4-2-3-5-11-20(25)26/h2,4,6,9,15-19,23-24H,3,5,7-8,10-14H2,1H3,(H,25,26)/t15-,16-,17-,18-,19?/m1/s1. The molecule has 4 nitrogen and oxygen atoms in total. The molecule has 0 aromatic rings. The molecular formula is C21H33ClO4. The molecule has 5 atom stereocenters. The van der Waals surface area contributed by atoms with E-state index >= 15 is 0 Å². The predicted octanol–water partition coefficient (Wildman–Crippen LogP) is 4.29. The van der Waals surface area contributed by atoms with Gasteiger partial charge in [-0.1, -0.05) is 37.6 Å². The molecule has 2 aliphatic carbocycles. The Morgan fingerprint density at radius 1 is 1.31 bits per heavy atom. The summed E-state index contributed by atoms with van der Waals surface area (Å²) in [5, 5.41) is 29.3. The van der Waals surface area contributed by atoms with E-state index < -0.39 is 12.1 Å². The molecule has 0 aliphatic heterocycles. The molecule has 0 radical (unpaired) electrons. The highest BCUT2D eigenvalue weighted by Crippen LogP contribution is 2.44. The minimum atomic E-state index is -0.763. The summed E-state index contributed by atoms with van der Waals surface area (Å²) in [6.07, 6.45) is 14.4. The summed E-state index contributed by atoms with van der Waals surface area (Å²) < 4.78 is 0. The summed E-state index contributed by atoms with van der Waals surface area (Å²) in [4.78, 5) is 10.5. The quantitative estimate of drug-likeness (QED) is 0.298. The van der Waals surface area contributed by atoms with Crippen LogP contribution in [0, 0.1) is 17.3 Å². The van der Waals surface area contributed by atoms with Crippen molar-refractivity contribution in [1.82, 2.24) is 0 Å². The smallest absolute Gasteiger partial charge is 0.303 e. The molecular weight excluding hydrogens is 352 g/mol. The third-order valence-corrected chi connectivity index (χ3v) is 6.73. The van der Waals surface area contributed by atoms with Crippen LogP contribution in [0.2, 0.25) is 0 Å². The van der Waals surface area contributed by atoms with Gasteiger partial charge in [0.1, 0.15) is 0 Å². The molecule has 26 heavy (non-hydrogen) atoms. The predicted molar refractivity (Wildman–Crippen MR) is 104 cm³/mol. The lowest BCUT2D eigenvalue weighted by atomic mass is 9.66. The number of aliphatic hydroxyl groups excluding tert-OH is 2. The van der Waals surface area contributed by atoms with Gasteiger partial charge >= 0.3 is 5.97 Å². The lowest BCUT2D eigenvalue weighted by Crippen LogP contribution is -2.38. The highest BCUT2D eigenvalue weighted by molar-refractivity contribution is 6.21. The maximum atomic E-state index is 10.5. The van der Waals surface area contributed by atoms with Crippen LogP contribution < -0.4 is 0 Å². The van der Waals surface area contributed by atoms with E-state index in [0.717, 1.165) is 25.7 Å². The van der Waals surface area contributed by atoms with Gasteiger partial charge in [-0.2, -0.15) is 0 Å². The molecule has 2 saturated carbocycles. The van der Waals surface area contributed by atoms with Crippen molar-refractivity contribution in [3.05, 3.63) is 24.3 Å². The van der Waals surface area contributed by atoms with Crippen molar-refractivity contribution >= 4 is 17.6 Å². The minimum Gasteiger partial charge on any atom is -0.481 e. The summed E-state index contributed by atoms with van der Waals surface area (Å²) in [6, 6.07) is 0. The van der Waals surface area contributed by atoms with Crippen molar-refractivity contribution in [2.75, 3.05) is 0 Å². The van der Waals surface area contributed by atoms with Crippen LogP contribution in [0.1, 0.15) is 64.7 Å². The van der Waals surface area contributed by atoms with E-state index in [-0.39, 0.29) is 35.2 Å². The molecule has 5 heteroatoms. The number of alkyl halides is 1. The Labute approximate surface area is 161 Å². The molecule has 0 aromatic heterocycles. The molecule has 0 saturated heterocycles. The second kappa shape index (κ2) is 9.91. The van der Waals surface area contributed by atoms with Crippen molar-refractivity contribution in [2.24, 2.45) is 17.3 Å². The number of hydrogen-bond acceptors (Lipinski definition) is 3. The summed E-state index contributed by atoms with van der Waals surface area (Å²) >= 11 is 6.44. The van der Waals surface area contributed by atoms with Crippen LogP contribution >= 0.6 is 11.6 Å². The van der Waals surface area contributed by atoms with Gasteiger partial charge in [0.25, 0.3) is 0 Å². The first kappa shape index (κ1) is 21.5. The largest absolute Gasteiger partial charge is 0.481 e. The third-order valence-electron chi connectivity index (χ3n) is 6.22. The Morgan fingerprint density at radius 3 is 2.65 bits per heavy atom. The van der Waals surface area contributed by atoms with Gasteiger partial charge in [0.05, 0.1) is 12.2 Å². The van der Waals surface area contributed by atoms with Crippen molar-refractivity contribution in [3.8, 4) is 0 Å². The molecule has 148 valence electrons. The highest BCUT2D eigenvalue weighted by Gasteiger charge is 2.40. The van der Waals surface area contributed by atoms with E-state index in [0.29, 0.717) is 19.3 Å². The lowest BCUT2D eigenvalue weighted by Gasteiger charge is -2.42. The van der Waals surface area contributed by atoms with Crippen LogP contribution in [0.5, 0.6) is 0 Å². The van der Waals surface area contributed by atoms with Crippen molar-refractivity contribution in [2.45, 2.75) is 82.3 Å². The topological polar surface area (TPSA) is 77.8 Å². The number of hydrogen-bond donors (Lipinski definition) is 3. The fourth-order valence-corrected chi connectivity index (χ4v) is 4.58. The van der Waals surface area contributed by atoms with E-state index in [1.54, 1.807) is 0 Å². The molecule has 2 rings (SSSR count). The summed E-state index contributed by atoms with van der Waals surface area (Å²) in [7, 11) is 0. The van der Waals surface area contributed by atoms with Crippen molar-refractivity contribution in [1.29, 1.82) is 0 Å². The number of carboxylic acid groups (broad SMARTS) is 1. The van der Waals surface area contributed by atoms with Crippen LogP contribution in [0.25, 0.3) is 0 Å². The molecule has 0 amide bonds. The van der Waals surface area contributed by atoms with Crippen LogP contribution in [0.15, 0.2) is 24.3 Å². The number of aliphatic hydroxyl groups is 2. The number of halogens is 1. The number of aliphatic carboxylic acids is 1. The molecule has 1 unspecified atom stereocenters. The normalized spacial score (nSPS) is 32.2. The van der Waals surface area contributed by atoms with Gasteiger partial charge in [-0.25, -0.2) is 0 Å². The monoisotopic (exact) mass is 384 g/mol. The lowest BCUT2D eigenvalue weighted by molar-refractivity contribution is -0.137. The fraction of sp³-hybridized carbons (Fsp3) is 0.762. The van der Waals surface area contributed by atoms with Crippen molar-refractivity contribution < 1.29 is 20.1 Å². The molecule has 2 aliphatic rings. The Bertz CT molecular complexity index is 512. The zero-order valence-electron chi connectivity index (χ0n) is 15.7. The first-order chi connectivity index (χ1) is 12.3. The van der Waals surface area contributed by atoms with Gasteiger partial charge in [-0.3, -0.25) is 4.79 Å². The maximum Gasteiger partial charge on any atom is 0.303 e. The second-order valence-corrected chi connectivity index (χ2v) is 8.80. The maximum absolute atomic E-state index is 10.5. The molecule has 2 fully saturated rings. The van der Waals surface area contributed by atoms with Gasteiger partial charge in [0.2, 0.25) is 0 Å². The van der Waals surface area contributed by atoms with Crippen molar-refractivity contribution in [3.63, 3.8) is 0 Å². The average molecular weight is 385 g/mol. The van der Waals surface area contributed by atoms with Gasteiger partial charge < -0.3 is 15.3 Å². The minimum absolute atomic E-state index is 0.0163. The fourth-order valence-electron chi connectivity index (χ4n) is 4.12. The van der Waals surface area contributed by atoms with Gasteiger partial charge in [-0.05, 0) is 56.3 Å². The third kappa shape index (κ3) is 5.83. The van der Waals surface area contributed by atoms with E-state index in [4.69, 9.17) is 16.7 Å². The first-order valence-electron chi connectivity index (χ1n) is 9.87. The summed E-state index contributed by atoms with van der Waals surface area (Å²) in [5.74, 6) is -0.570. The number of rotatable bonds is 10. The van der Waals surface area contributed by atoms with Crippen LogP contribution in [-0.4, -0.2) is 38.9 Å². The van der Waals surface area contributed by atoms with Gasteiger partial charge in [-0.15, -0.1) is 11.6 Å². The Morgan fingerprint density at radius 2 is 2.04 bits per heavy atom. The molecule has 3 N–H and O–H groups in total. The average Bonchev–Trinajstić information content (AvgIpc) is 2.81. The van der Waals surface area contributed by atoms with E-state index in [2.05, 4.69) is 13.0 Å². The SMILES string of the molecule is CC1(C(O)CC=C[C@@H]2[C@@H](CC=CCCCC(=O)O)[C@H](Cl)C[C@H]2O)CCC1. The van der Waals surface area contributed by atoms with E-state index in [1.807, 2.05) is 18.2 Å². The van der Waals surface area contributed by atoms with Gasteiger partial charge in [0.15, 0.2) is 0 Å². The summed E-state index contributed by atoms with van der Waals surface area (Å²) in [5.41, 5.74) is 0.0613. The van der Waals surface area contributed by atoms with E-state index in [9.17, 15) is 15.0 Å². The zero-order chi connectivity index (χ0) is 19.2. The molecule has 0 spiro atoms.